The molecule has 2 aromatic rings. The van der Waals surface area contributed by atoms with Crippen molar-refractivity contribution in [3.05, 3.63) is 59.7 Å². The Bertz CT molecular complexity index is 537. The Balaban J connectivity index is 1.80. The highest BCUT2D eigenvalue weighted by Gasteiger charge is 2.01. The third-order valence-corrected chi connectivity index (χ3v) is 2.55. The van der Waals surface area contributed by atoms with E-state index in [-0.39, 0.29) is 5.75 Å². The fourth-order valence-corrected chi connectivity index (χ4v) is 1.73. The van der Waals surface area contributed by atoms with Crippen molar-refractivity contribution in [2.45, 2.75) is 6.92 Å². The molecule has 4 heteroatoms. The highest BCUT2D eigenvalue weighted by atomic mass is 19.1. The Labute approximate surface area is 111 Å². The molecule has 0 aliphatic carbocycles. The molecular weight excluding hydrogens is 248 g/mol. The zero-order chi connectivity index (χ0) is 13.7. The van der Waals surface area contributed by atoms with E-state index in [4.69, 9.17) is 4.74 Å². The topological polar surface area (TPSA) is 21.3 Å². The summed E-state index contributed by atoms with van der Waals surface area (Å²) in [7, 11) is 0. The summed E-state index contributed by atoms with van der Waals surface area (Å²) in [5, 5.41) is 3.17. The lowest BCUT2D eigenvalue weighted by molar-refractivity contribution is 0.329. The summed E-state index contributed by atoms with van der Waals surface area (Å²) >= 11 is 0. The van der Waals surface area contributed by atoms with Gasteiger partial charge in [0.25, 0.3) is 0 Å². The van der Waals surface area contributed by atoms with Crippen LogP contribution in [-0.2, 0) is 0 Å². The quantitative estimate of drug-likeness (QED) is 0.829. The highest BCUT2D eigenvalue weighted by molar-refractivity contribution is 5.45. The molecule has 19 heavy (non-hydrogen) atoms. The van der Waals surface area contributed by atoms with Crippen molar-refractivity contribution in [2.75, 3.05) is 18.5 Å². The molecule has 0 unspecified atom stereocenters. The number of halogens is 2. The van der Waals surface area contributed by atoms with Crippen molar-refractivity contribution in [3.8, 4) is 5.75 Å². The van der Waals surface area contributed by atoms with Crippen LogP contribution in [0.25, 0.3) is 0 Å². The molecular formula is C15H15F2NO. The minimum Gasteiger partial charge on any atom is -0.492 e. The van der Waals surface area contributed by atoms with E-state index >= 15 is 0 Å². The molecule has 2 rings (SSSR count). The van der Waals surface area contributed by atoms with Crippen molar-refractivity contribution in [3.63, 3.8) is 0 Å². The summed E-state index contributed by atoms with van der Waals surface area (Å²) in [5.41, 5.74) is 2.16. The average molecular weight is 263 g/mol. The van der Waals surface area contributed by atoms with Gasteiger partial charge in [0.2, 0.25) is 0 Å². The minimum absolute atomic E-state index is 0.198. The van der Waals surface area contributed by atoms with Crippen molar-refractivity contribution in [1.29, 1.82) is 0 Å². The fraction of sp³-hybridized carbons (Fsp3) is 0.200. The van der Waals surface area contributed by atoms with E-state index in [9.17, 15) is 8.78 Å². The first-order valence-corrected chi connectivity index (χ1v) is 6.03. The number of nitrogens with one attached hydrogen (secondary N) is 1. The molecule has 100 valence electrons. The largest absolute Gasteiger partial charge is 0.492 e. The Hall–Kier alpha value is -2.10. The smallest absolute Gasteiger partial charge is 0.129 e. The van der Waals surface area contributed by atoms with Crippen molar-refractivity contribution in [1.82, 2.24) is 0 Å². The first kappa shape index (κ1) is 13.3. The molecule has 0 bridgehead atoms. The SMILES string of the molecule is Cc1cccc(NCCOc2cc(F)cc(F)c2)c1. The van der Waals surface area contributed by atoms with Crippen LogP contribution in [0.15, 0.2) is 42.5 Å². The van der Waals surface area contributed by atoms with Gasteiger partial charge in [0.1, 0.15) is 24.0 Å². The standard InChI is InChI=1S/C15H15F2NO/c1-11-3-2-4-14(7-11)18-5-6-19-15-9-12(16)8-13(17)10-15/h2-4,7-10,18H,5-6H2,1H3. The number of anilines is 1. The van der Waals surface area contributed by atoms with Gasteiger partial charge in [-0.15, -0.1) is 0 Å². The Morgan fingerprint density at radius 2 is 1.79 bits per heavy atom. The summed E-state index contributed by atoms with van der Waals surface area (Å²) in [6, 6.07) is 11.1. The van der Waals surface area contributed by atoms with Crippen LogP contribution in [0.4, 0.5) is 14.5 Å². The molecule has 2 nitrogen and oxygen atoms in total. The van der Waals surface area contributed by atoms with Crippen molar-refractivity contribution >= 4 is 5.69 Å². The second-order valence-electron chi connectivity index (χ2n) is 4.25. The maximum atomic E-state index is 12.9. The molecule has 0 aliphatic rings. The van der Waals surface area contributed by atoms with Gasteiger partial charge < -0.3 is 10.1 Å². The Morgan fingerprint density at radius 3 is 2.47 bits per heavy atom. The lowest BCUT2D eigenvalue weighted by Crippen LogP contribution is -2.11. The van der Waals surface area contributed by atoms with E-state index in [0.717, 1.165) is 29.4 Å². The maximum absolute atomic E-state index is 12.9. The highest BCUT2D eigenvalue weighted by Crippen LogP contribution is 2.15. The second kappa shape index (κ2) is 6.18. The maximum Gasteiger partial charge on any atom is 0.129 e. The number of hydrogen-bond donors (Lipinski definition) is 1. The molecule has 0 amide bonds. The van der Waals surface area contributed by atoms with Gasteiger partial charge in [0.05, 0.1) is 0 Å². The summed E-state index contributed by atoms with van der Waals surface area (Å²) in [6.07, 6.45) is 0. The third kappa shape index (κ3) is 4.25. The van der Waals surface area contributed by atoms with E-state index in [1.54, 1.807) is 0 Å². The molecule has 0 aliphatic heterocycles. The third-order valence-electron chi connectivity index (χ3n) is 2.55. The van der Waals surface area contributed by atoms with Crippen LogP contribution in [0.3, 0.4) is 0 Å². The Kier molecular flexibility index (Phi) is 4.34. The van der Waals surface area contributed by atoms with E-state index < -0.39 is 11.6 Å². The predicted molar refractivity (Wildman–Crippen MR) is 71.5 cm³/mol. The van der Waals surface area contributed by atoms with Gasteiger partial charge in [-0.25, -0.2) is 8.78 Å². The lowest BCUT2D eigenvalue weighted by Gasteiger charge is -2.09. The van der Waals surface area contributed by atoms with Gasteiger partial charge >= 0.3 is 0 Å². The average Bonchev–Trinajstić information content (AvgIpc) is 2.34. The summed E-state index contributed by atoms with van der Waals surface area (Å²) < 4.78 is 31.1. The monoisotopic (exact) mass is 263 g/mol. The van der Waals surface area contributed by atoms with Gasteiger partial charge in [0.15, 0.2) is 0 Å². The van der Waals surface area contributed by atoms with E-state index in [0.29, 0.717) is 13.2 Å². The molecule has 0 atom stereocenters. The molecule has 0 fully saturated rings. The first-order chi connectivity index (χ1) is 9.13. The molecule has 0 spiro atoms. The number of hydrogen-bond acceptors (Lipinski definition) is 2. The van der Waals surface area contributed by atoms with Crippen molar-refractivity contribution in [2.24, 2.45) is 0 Å². The van der Waals surface area contributed by atoms with Gasteiger partial charge in [0, 0.05) is 30.4 Å². The van der Waals surface area contributed by atoms with Gasteiger partial charge in [-0.05, 0) is 24.6 Å². The summed E-state index contributed by atoms with van der Waals surface area (Å²) in [5.74, 6) is -1.08. The number of aryl methyl sites for hydroxylation is 1. The molecule has 1 N–H and O–H groups in total. The number of benzene rings is 2. The molecule has 0 heterocycles. The van der Waals surface area contributed by atoms with Gasteiger partial charge in [-0.1, -0.05) is 12.1 Å². The molecule has 0 aromatic heterocycles. The van der Waals surface area contributed by atoms with Crippen LogP contribution >= 0.6 is 0 Å². The van der Waals surface area contributed by atoms with Crippen LogP contribution in [0.2, 0.25) is 0 Å². The van der Waals surface area contributed by atoms with E-state index in [1.165, 1.54) is 0 Å². The molecule has 0 saturated carbocycles. The first-order valence-electron chi connectivity index (χ1n) is 6.03. The predicted octanol–water partition coefficient (Wildman–Crippen LogP) is 3.76. The fourth-order valence-electron chi connectivity index (χ4n) is 1.73. The van der Waals surface area contributed by atoms with Crippen LogP contribution < -0.4 is 10.1 Å². The van der Waals surface area contributed by atoms with E-state index in [2.05, 4.69) is 5.32 Å². The Morgan fingerprint density at radius 1 is 1.05 bits per heavy atom. The summed E-state index contributed by atoms with van der Waals surface area (Å²) in [6.45, 7) is 2.90. The zero-order valence-electron chi connectivity index (χ0n) is 10.6. The van der Waals surface area contributed by atoms with Gasteiger partial charge in [-0.3, -0.25) is 0 Å². The minimum atomic E-state index is -0.637. The number of rotatable bonds is 5. The summed E-state index contributed by atoms with van der Waals surface area (Å²) in [4.78, 5) is 0. The van der Waals surface area contributed by atoms with Crippen molar-refractivity contribution < 1.29 is 13.5 Å². The zero-order valence-corrected chi connectivity index (χ0v) is 10.6. The van der Waals surface area contributed by atoms with E-state index in [1.807, 2.05) is 31.2 Å². The molecule has 0 radical (unpaired) electrons. The molecule has 0 saturated heterocycles. The second-order valence-corrected chi connectivity index (χ2v) is 4.25. The van der Waals surface area contributed by atoms with Crippen LogP contribution in [-0.4, -0.2) is 13.2 Å². The van der Waals surface area contributed by atoms with Crippen LogP contribution in [0.1, 0.15) is 5.56 Å². The molecule has 2 aromatic carbocycles. The van der Waals surface area contributed by atoms with Crippen LogP contribution in [0, 0.1) is 18.6 Å². The number of ether oxygens (including phenoxy) is 1. The lowest BCUT2D eigenvalue weighted by atomic mass is 10.2. The normalized spacial score (nSPS) is 10.3. The van der Waals surface area contributed by atoms with Crippen LogP contribution in [0.5, 0.6) is 5.75 Å². The van der Waals surface area contributed by atoms with Gasteiger partial charge in [-0.2, -0.15) is 0 Å².